The third-order valence-electron chi connectivity index (χ3n) is 12.0. The largest absolute Gasteiger partial charge is 0.466 e. The summed E-state index contributed by atoms with van der Waals surface area (Å²) in [6, 6.07) is 0. The maximum absolute atomic E-state index is 13.7. The van der Waals surface area contributed by atoms with Gasteiger partial charge in [0.05, 0.1) is 12.0 Å². The Morgan fingerprint density at radius 3 is 1.45 bits per heavy atom. The molecule has 0 aromatic rings. The summed E-state index contributed by atoms with van der Waals surface area (Å²) < 4.78 is 5.67. The van der Waals surface area contributed by atoms with Crippen LogP contribution in [0.5, 0.6) is 0 Å². The molecule has 2 unspecified atom stereocenters. The summed E-state index contributed by atoms with van der Waals surface area (Å²) >= 11 is 0. The molecular weight excluding hydrogens is 655 g/mol. The van der Waals surface area contributed by atoms with Crippen molar-refractivity contribution in [2.45, 2.75) is 260 Å². The van der Waals surface area contributed by atoms with Crippen molar-refractivity contribution in [3.63, 3.8) is 0 Å². The van der Waals surface area contributed by atoms with Crippen LogP contribution in [0.15, 0.2) is 0 Å². The number of piperidine rings is 1. The Balaban J connectivity index is 2.33. The maximum atomic E-state index is 13.7. The van der Waals surface area contributed by atoms with Crippen molar-refractivity contribution >= 4 is 11.9 Å². The van der Waals surface area contributed by atoms with Crippen LogP contribution < -0.4 is 0 Å². The molecule has 1 rings (SSSR count). The molecule has 0 bridgehead atoms. The average Bonchev–Trinajstić information content (AvgIpc) is 3.12. The van der Waals surface area contributed by atoms with Gasteiger partial charge in [0.15, 0.2) is 0 Å². The molecule has 1 fully saturated rings. The molecule has 0 N–H and O–H groups in total. The first-order chi connectivity index (χ1) is 25.6. The van der Waals surface area contributed by atoms with E-state index in [2.05, 4.69) is 41.5 Å². The van der Waals surface area contributed by atoms with E-state index in [9.17, 15) is 9.59 Å². The van der Waals surface area contributed by atoms with E-state index in [4.69, 9.17) is 9.57 Å². The minimum absolute atomic E-state index is 0.0839. The van der Waals surface area contributed by atoms with Gasteiger partial charge in [-0.15, -0.1) is 5.06 Å². The normalized spacial score (nSPS) is 15.7. The third kappa shape index (κ3) is 28.9. The van der Waals surface area contributed by atoms with Crippen LogP contribution in [-0.4, -0.2) is 36.7 Å². The van der Waals surface area contributed by atoms with Crippen LogP contribution in [0, 0.1) is 16.7 Å². The number of rotatable bonds is 37. The summed E-state index contributed by atoms with van der Waals surface area (Å²) in [7, 11) is 0. The molecule has 0 saturated carbocycles. The highest BCUT2D eigenvalue weighted by molar-refractivity contribution is 5.76. The lowest BCUT2D eigenvalue weighted by Gasteiger charge is -2.36. The Labute approximate surface area is 331 Å². The Bertz CT molecular complexity index is 852. The molecule has 0 spiro atoms. The molecule has 5 heteroatoms. The average molecular weight is 748 g/mol. The molecule has 0 aliphatic carbocycles. The molecule has 0 radical (unpaired) electrons. The van der Waals surface area contributed by atoms with E-state index in [-0.39, 0.29) is 17.4 Å². The van der Waals surface area contributed by atoms with E-state index in [1.165, 1.54) is 161 Å². The van der Waals surface area contributed by atoms with Crippen LogP contribution in [-0.2, 0) is 19.2 Å². The van der Waals surface area contributed by atoms with Gasteiger partial charge in [-0.05, 0) is 69.6 Å². The second-order valence-electron chi connectivity index (χ2n) is 18.6. The monoisotopic (exact) mass is 748 g/mol. The number of esters is 1. The first-order valence-corrected chi connectivity index (χ1v) is 23.7. The minimum Gasteiger partial charge on any atom is -0.466 e. The van der Waals surface area contributed by atoms with Crippen LogP contribution in [0.2, 0.25) is 0 Å². The number of carbonyl (C=O) groups excluding carboxylic acids is 2. The number of hydrogen-bond donors (Lipinski definition) is 0. The lowest BCUT2D eigenvalue weighted by atomic mass is 9.72. The van der Waals surface area contributed by atoms with Crippen LogP contribution in [0.3, 0.4) is 0 Å². The van der Waals surface area contributed by atoms with Gasteiger partial charge < -0.3 is 9.57 Å². The molecule has 0 amide bonds. The summed E-state index contributed by atoms with van der Waals surface area (Å²) in [5.41, 5.74) is -0.315. The zero-order valence-electron chi connectivity index (χ0n) is 36.8. The summed E-state index contributed by atoms with van der Waals surface area (Å²) in [5, 5.41) is 1.89. The molecular formula is C48H93NO4. The first-order valence-electron chi connectivity index (χ1n) is 23.7. The van der Waals surface area contributed by atoms with Crippen LogP contribution in [0.4, 0.5) is 0 Å². The van der Waals surface area contributed by atoms with Crippen molar-refractivity contribution in [3.05, 3.63) is 0 Å². The van der Waals surface area contributed by atoms with Gasteiger partial charge in [-0.2, -0.15) is 0 Å². The number of unbranched alkanes of at least 4 members (excludes halogenated alkanes) is 23. The smallest absolute Gasteiger partial charge is 0.330 e. The second-order valence-corrected chi connectivity index (χ2v) is 18.6. The molecule has 2 atom stereocenters. The quantitative estimate of drug-likeness (QED) is 0.0468. The summed E-state index contributed by atoms with van der Waals surface area (Å²) in [5.74, 6) is 0.238. The number of carbonyl (C=O) groups is 2. The highest BCUT2D eigenvalue weighted by atomic mass is 16.7. The fraction of sp³-hybridized carbons (Fsp3) is 0.958. The zero-order valence-corrected chi connectivity index (χ0v) is 36.8. The number of nitrogens with zero attached hydrogens (tertiary/aromatic N) is 1. The predicted molar refractivity (Wildman–Crippen MR) is 228 cm³/mol. The van der Waals surface area contributed by atoms with E-state index >= 15 is 0 Å². The van der Waals surface area contributed by atoms with Crippen molar-refractivity contribution in [3.8, 4) is 0 Å². The molecule has 53 heavy (non-hydrogen) atoms. The summed E-state index contributed by atoms with van der Waals surface area (Å²) in [4.78, 5) is 32.3. The lowest BCUT2D eigenvalue weighted by molar-refractivity contribution is -0.207. The van der Waals surface area contributed by atoms with E-state index in [0.717, 1.165) is 51.6 Å². The number of hydroxylamine groups is 2. The van der Waals surface area contributed by atoms with Crippen molar-refractivity contribution in [2.24, 2.45) is 16.7 Å². The highest BCUT2D eigenvalue weighted by Gasteiger charge is 2.38. The van der Waals surface area contributed by atoms with Crippen molar-refractivity contribution in [2.75, 3.05) is 19.7 Å². The predicted octanol–water partition coefficient (Wildman–Crippen LogP) is 15.3. The lowest BCUT2D eigenvalue weighted by Crippen LogP contribution is -2.40. The van der Waals surface area contributed by atoms with Crippen LogP contribution in [0.25, 0.3) is 0 Å². The fourth-order valence-electron chi connectivity index (χ4n) is 8.81. The van der Waals surface area contributed by atoms with Crippen molar-refractivity contribution < 1.29 is 19.2 Å². The van der Waals surface area contributed by atoms with Crippen LogP contribution in [0.1, 0.15) is 260 Å². The molecule has 0 aromatic heterocycles. The van der Waals surface area contributed by atoms with Gasteiger partial charge in [-0.1, -0.05) is 195 Å². The van der Waals surface area contributed by atoms with Gasteiger partial charge in [-0.3, -0.25) is 4.79 Å². The Hall–Kier alpha value is -1.10. The molecule has 1 saturated heterocycles. The van der Waals surface area contributed by atoms with Gasteiger partial charge in [0.25, 0.3) is 0 Å². The minimum atomic E-state index is -0.579. The fourth-order valence-corrected chi connectivity index (χ4v) is 8.81. The molecule has 314 valence electrons. The Kier molecular flexibility index (Phi) is 31.2. The van der Waals surface area contributed by atoms with Gasteiger partial charge in [0.1, 0.15) is 0 Å². The topological polar surface area (TPSA) is 55.8 Å². The van der Waals surface area contributed by atoms with Gasteiger partial charge in [0.2, 0.25) is 0 Å². The van der Waals surface area contributed by atoms with Crippen molar-refractivity contribution in [1.29, 1.82) is 0 Å². The third-order valence-corrected chi connectivity index (χ3v) is 12.0. The van der Waals surface area contributed by atoms with Gasteiger partial charge in [-0.25, -0.2) is 4.79 Å². The molecule has 5 nitrogen and oxygen atoms in total. The second kappa shape index (κ2) is 33.1. The number of hydrogen-bond acceptors (Lipinski definition) is 5. The van der Waals surface area contributed by atoms with Gasteiger partial charge >= 0.3 is 11.9 Å². The van der Waals surface area contributed by atoms with E-state index in [1.54, 1.807) is 0 Å². The summed E-state index contributed by atoms with van der Waals surface area (Å²) in [6.45, 7) is 15.9. The van der Waals surface area contributed by atoms with E-state index in [0.29, 0.717) is 31.8 Å². The highest BCUT2D eigenvalue weighted by Crippen LogP contribution is 2.40. The summed E-state index contributed by atoms with van der Waals surface area (Å²) in [6.07, 6.45) is 42.0. The van der Waals surface area contributed by atoms with Crippen molar-refractivity contribution in [1.82, 2.24) is 5.06 Å². The Morgan fingerprint density at radius 1 is 0.547 bits per heavy atom. The van der Waals surface area contributed by atoms with E-state index in [1.807, 2.05) is 5.06 Å². The first kappa shape index (κ1) is 49.9. The van der Waals surface area contributed by atoms with E-state index < -0.39 is 5.41 Å². The molecule has 1 aliphatic heterocycles. The van der Waals surface area contributed by atoms with Gasteiger partial charge in [0, 0.05) is 19.5 Å². The zero-order chi connectivity index (χ0) is 38.9. The number of ether oxygens (including phenoxy) is 1. The Morgan fingerprint density at radius 2 is 0.981 bits per heavy atom. The molecule has 1 aliphatic rings. The molecule has 0 aromatic carbocycles. The molecule has 1 heterocycles. The SMILES string of the molecule is CCCCCCCCCCCCCCCCCC(=O)OCCCC(C)(CC(C)CC(C)(C)CCCCCCCCCCCC)C(=O)ON1CCCCC1. The maximum Gasteiger partial charge on any atom is 0.330 e. The van der Waals surface area contributed by atoms with Crippen LogP contribution >= 0.6 is 0 Å². The standard InChI is InChI=1S/C48H93NO4/c1-7-9-11-13-15-17-19-20-21-22-23-24-26-28-31-36-45(50)52-41-35-38-48(6,46(51)53-49-39-33-30-34-40-49)43-44(3)42-47(4,5)37-32-29-27-25-18-16-14-12-10-8-2/h44H,7-43H2,1-6H3.